The second-order valence-electron chi connectivity index (χ2n) is 3.34. The van der Waals surface area contributed by atoms with Gasteiger partial charge in [0.2, 0.25) is 5.91 Å². The second-order valence-corrected chi connectivity index (χ2v) is 3.86. The average Bonchev–Trinajstić information content (AvgIpc) is 2.29. The van der Waals surface area contributed by atoms with Gasteiger partial charge < -0.3 is 0 Å². The van der Waals surface area contributed by atoms with E-state index >= 15 is 0 Å². The van der Waals surface area contributed by atoms with Crippen LogP contribution in [-0.2, 0) is 4.79 Å². The van der Waals surface area contributed by atoms with Crippen molar-refractivity contribution in [2.75, 3.05) is 0 Å². The Hall–Kier alpha value is -1.06. The van der Waals surface area contributed by atoms with Gasteiger partial charge in [0.25, 0.3) is 0 Å². The molecule has 3 N–H and O–H groups in total. The molecule has 0 bridgehead atoms. The van der Waals surface area contributed by atoms with Gasteiger partial charge in [0.05, 0.1) is 5.38 Å². The second kappa shape index (κ2) is 6.43. The number of hydrogen-bond acceptors (Lipinski definition) is 2. The Bertz CT molecular complexity index is 303. The lowest BCUT2D eigenvalue weighted by Crippen LogP contribution is -2.29. The maximum atomic E-state index is 10.9. The molecule has 1 atom stereocenters. The fourth-order valence-corrected chi connectivity index (χ4v) is 1.64. The topological polar surface area (TPSA) is 55.1 Å². The van der Waals surface area contributed by atoms with Crippen molar-refractivity contribution < 1.29 is 4.79 Å². The molecule has 0 aliphatic heterocycles. The van der Waals surface area contributed by atoms with Crippen molar-refractivity contribution in [3.63, 3.8) is 0 Å². The Morgan fingerprint density at radius 1 is 1.40 bits per heavy atom. The van der Waals surface area contributed by atoms with Gasteiger partial charge in [0.15, 0.2) is 0 Å². The zero-order valence-electron chi connectivity index (χ0n) is 8.45. The summed E-state index contributed by atoms with van der Waals surface area (Å²) in [7, 11) is 0. The molecule has 0 fully saturated rings. The lowest BCUT2D eigenvalue weighted by Gasteiger charge is -2.08. The molecular formula is C11H15ClN2O. The molecule has 15 heavy (non-hydrogen) atoms. The van der Waals surface area contributed by atoms with E-state index in [4.69, 9.17) is 17.4 Å². The van der Waals surface area contributed by atoms with Gasteiger partial charge in [-0.25, -0.2) is 5.84 Å². The van der Waals surface area contributed by atoms with Crippen LogP contribution in [0.25, 0.3) is 0 Å². The molecule has 0 heterocycles. The molecule has 82 valence electrons. The number of amides is 1. The predicted octanol–water partition coefficient (Wildman–Crippen LogP) is 2.13. The van der Waals surface area contributed by atoms with Crippen molar-refractivity contribution in [2.45, 2.75) is 24.6 Å². The van der Waals surface area contributed by atoms with Gasteiger partial charge in [-0.05, 0) is 18.4 Å². The average molecular weight is 227 g/mol. The number of halogens is 1. The smallest absolute Gasteiger partial charge is 0.233 e. The zero-order chi connectivity index (χ0) is 11.1. The van der Waals surface area contributed by atoms with E-state index in [-0.39, 0.29) is 11.3 Å². The third-order valence-corrected chi connectivity index (χ3v) is 2.65. The Kier molecular flexibility index (Phi) is 5.15. The molecule has 0 aromatic heterocycles. The lowest BCUT2D eigenvalue weighted by molar-refractivity contribution is -0.121. The molecule has 0 radical (unpaired) electrons. The van der Waals surface area contributed by atoms with Gasteiger partial charge in [0, 0.05) is 6.42 Å². The van der Waals surface area contributed by atoms with Crippen molar-refractivity contribution in [3.05, 3.63) is 35.9 Å². The summed E-state index contributed by atoms with van der Waals surface area (Å²) in [6.45, 7) is 0. The number of hydrogen-bond donors (Lipinski definition) is 2. The SMILES string of the molecule is NNC(=O)CCCC(Cl)c1ccccc1. The molecule has 3 nitrogen and oxygen atoms in total. The van der Waals surface area contributed by atoms with Gasteiger partial charge in [-0.15, -0.1) is 11.6 Å². The summed E-state index contributed by atoms with van der Waals surface area (Å²) < 4.78 is 0. The molecule has 1 unspecified atom stereocenters. The minimum Gasteiger partial charge on any atom is -0.294 e. The highest BCUT2D eigenvalue weighted by molar-refractivity contribution is 6.20. The number of hydrazine groups is 1. The number of nitrogens with two attached hydrogens (primary N) is 1. The number of alkyl halides is 1. The van der Waals surface area contributed by atoms with Crippen molar-refractivity contribution in [1.29, 1.82) is 0 Å². The van der Waals surface area contributed by atoms with E-state index in [1.165, 1.54) is 0 Å². The fourth-order valence-electron chi connectivity index (χ4n) is 1.34. The Labute approximate surface area is 94.6 Å². The lowest BCUT2D eigenvalue weighted by atomic mass is 10.1. The van der Waals surface area contributed by atoms with E-state index in [0.717, 1.165) is 18.4 Å². The molecule has 0 spiro atoms. The quantitative estimate of drug-likeness (QED) is 0.350. The number of carbonyl (C=O) groups is 1. The van der Waals surface area contributed by atoms with Crippen LogP contribution in [0.1, 0.15) is 30.2 Å². The molecule has 0 saturated heterocycles. The first kappa shape index (κ1) is 12.0. The van der Waals surface area contributed by atoms with E-state index < -0.39 is 0 Å². The Balaban J connectivity index is 2.31. The Morgan fingerprint density at radius 2 is 2.07 bits per heavy atom. The van der Waals surface area contributed by atoms with E-state index in [2.05, 4.69) is 5.43 Å². The largest absolute Gasteiger partial charge is 0.294 e. The van der Waals surface area contributed by atoms with Crippen LogP contribution >= 0.6 is 11.6 Å². The van der Waals surface area contributed by atoms with Gasteiger partial charge >= 0.3 is 0 Å². The van der Waals surface area contributed by atoms with E-state index in [1.54, 1.807) is 0 Å². The van der Waals surface area contributed by atoms with Crippen LogP contribution in [0.4, 0.5) is 0 Å². The van der Waals surface area contributed by atoms with Crippen molar-refractivity contribution in [2.24, 2.45) is 5.84 Å². The first-order valence-electron chi connectivity index (χ1n) is 4.92. The molecule has 0 aliphatic rings. The number of nitrogens with one attached hydrogen (secondary N) is 1. The summed E-state index contributed by atoms with van der Waals surface area (Å²) in [5, 5.41) is -0.0308. The van der Waals surface area contributed by atoms with Gasteiger partial charge in [-0.2, -0.15) is 0 Å². The van der Waals surface area contributed by atoms with E-state index in [9.17, 15) is 4.79 Å². The van der Waals surface area contributed by atoms with Crippen LogP contribution in [-0.4, -0.2) is 5.91 Å². The molecular weight excluding hydrogens is 212 g/mol. The maximum absolute atomic E-state index is 10.9. The van der Waals surface area contributed by atoms with Crippen molar-refractivity contribution >= 4 is 17.5 Å². The molecule has 0 aliphatic carbocycles. The first-order valence-corrected chi connectivity index (χ1v) is 5.36. The summed E-state index contributed by atoms with van der Waals surface area (Å²) in [6.07, 6.45) is 1.94. The third kappa shape index (κ3) is 4.32. The van der Waals surface area contributed by atoms with Gasteiger partial charge in [-0.1, -0.05) is 30.3 Å². The number of benzene rings is 1. The molecule has 1 aromatic rings. The summed E-state index contributed by atoms with van der Waals surface area (Å²) in [4.78, 5) is 10.9. The molecule has 0 saturated carbocycles. The van der Waals surface area contributed by atoms with Crippen molar-refractivity contribution in [3.8, 4) is 0 Å². The van der Waals surface area contributed by atoms with Crippen LogP contribution in [0.2, 0.25) is 0 Å². The van der Waals surface area contributed by atoms with E-state index in [0.29, 0.717) is 6.42 Å². The molecule has 1 aromatic carbocycles. The Morgan fingerprint density at radius 3 is 2.67 bits per heavy atom. The van der Waals surface area contributed by atoms with E-state index in [1.807, 2.05) is 30.3 Å². The molecule has 1 rings (SSSR count). The fraction of sp³-hybridized carbons (Fsp3) is 0.364. The van der Waals surface area contributed by atoms with Crippen LogP contribution in [0.3, 0.4) is 0 Å². The summed E-state index contributed by atoms with van der Waals surface area (Å²) in [5.41, 5.74) is 3.19. The van der Waals surface area contributed by atoms with Crippen LogP contribution in [0, 0.1) is 0 Å². The number of carbonyl (C=O) groups excluding carboxylic acids is 1. The maximum Gasteiger partial charge on any atom is 0.233 e. The summed E-state index contributed by atoms with van der Waals surface area (Å²) >= 11 is 6.17. The minimum atomic E-state index is -0.146. The normalized spacial score (nSPS) is 12.1. The summed E-state index contributed by atoms with van der Waals surface area (Å²) in [5.74, 6) is 4.82. The highest BCUT2D eigenvalue weighted by Gasteiger charge is 2.07. The third-order valence-electron chi connectivity index (χ3n) is 2.18. The highest BCUT2D eigenvalue weighted by Crippen LogP contribution is 2.25. The standard InChI is InChI=1S/C11H15ClN2O/c12-10(7-4-8-11(15)14-13)9-5-2-1-3-6-9/h1-3,5-6,10H,4,7-8,13H2,(H,14,15). The molecule has 1 amide bonds. The van der Waals surface area contributed by atoms with Gasteiger partial charge in [0.1, 0.15) is 0 Å². The van der Waals surface area contributed by atoms with Gasteiger partial charge in [-0.3, -0.25) is 10.2 Å². The molecule has 4 heteroatoms. The zero-order valence-corrected chi connectivity index (χ0v) is 9.20. The van der Waals surface area contributed by atoms with Crippen LogP contribution in [0.15, 0.2) is 30.3 Å². The summed E-state index contributed by atoms with van der Waals surface area (Å²) in [6, 6.07) is 9.84. The monoisotopic (exact) mass is 226 g/mol. The van der Waals surface area contributed by atoms with Crippen LogP contribution in [0.5, 0.6) is 0 Å². The predicted molar refractivity (Wildman–Crippen MR) is 61.2 cm³/mol. The minimum absolute atomic E-state index is 0.0308. The first-order chi connectivity index (χ1) is 7.24. The van der Waals surface area contributed by atoms with Crippen molar-refractivity contribution in [1.82, 2.24) is 5.43 Å². The van der Waals surface area contributed by atoms with Crippen LogP contribution < -0.4 is 11.3 Å². The highest BCUT2D eigenvalue weighted by atomic mass is 35.5. The number of rotatable bonds is 5.